The van der Waals surface area contributed by atoms with Gasteiger partial charge < -0.3 is 23.9 Å². The van der Waals surface area contributed by atoms with Gasteiger partial charge in [0.05, 0.1) is 14.2 Å². The summed E-state index contributed by atoms with van der Waals surface area (Å²) in [7, 11) is 3.31. The number of nitrogens with one attached hydrogen (secondary N) is 1. The Kier molecular flexibility index (Phi) is 6.20. The number of carbonyl (C=O) groups excluding carboxylic acids is 1. The number of hydrogen-bond donors (Lipinski definition) is 1. The number of H-pyrrole nitrogens is 1. The number of amides is 1. The van der Waals surface area contributed by atoms with Crippen LogP contribution in [-0.2, 0) is 11.2 Å². The van der Waals surface area contributed by atoms with E-state index in [9.17, 15) is 4.79 Å². The van der Waals surface area contributed by atoms with Crippen LogP contribution in [-0.4, -0.2) is 53.2 Å². The van der Waals surface area contributed by atoms with Gasteiger partial charge in [-0.25, -0.2) is 0 Å². The van der Waals surface area contributed by atoms with Gasteiger partial charge in [-0.15, -0.1) is 0 Å². The van der Waals surface area contributed by atoms with E-state index in [1.54, 1.807) is 14.2 Å². The number of methoxy groups -OCH3 is 2. The Morgan fingerprint density at radius 3 is 2.56 bits per heavy atom. The van der Waals surface area contributed by atoms with Crippen molar-refractivity contribution in [3.8, 4) is 22.9 Å². The number of carbonyl (C=O) groups is 1. The normalized spacial score (nSPS) is 14.5. The molecule has 0 radical (unpaired) electrons. The number of aromatic amines is 1. The highest BCUT2D eigenvalue weighted by Crippen LogP contribution is 2.35. The fourth-order valence-corrected chi connectivity index (χ4v) is 4.61. The Hall–Kier alpha value is -3.81. The maximum absolute atomic E-state index is 12.8. The van der Waals surface area contributed by atoms with Gasteiger partial charge in [-0.2, -0.15) is 4.98 Å². The first kappa shape index (κ1) is 22.0. The van der Waals surface area contributed by atoms with Crippen LogP contribution in [0, 0.1) is 0 Å². The number of hydrogen-bond acceptors (Lipinski definition) is 6. The van der Waals surface area contributed by atoms with Crippen LogP contribution in [0.3, 0.4) is 0 Å². The van der Waals surface area contributed by atoms with Crippen molar-refractivity contribution in [3.63, 3.8) is 0 Å². The number of ether oxygens (including phenoxy) is 2. The summed E-state index contributed by atoms with van der Waals surface area (Å²) in [5.74, 6) is 3.17. The van der Waals surface area contributed by atoms with Gasteiger partial charge in [-0.05, 0) is 66.8 Å². The summed E-state index contributed by atoms with van der Waals surface area (Å²) in [5.41, 5.74) is 3.26. The average molecular weight is 461 g/mol. The van der Waals surface area contributed by atoms with Crippen molar-refractivity contribution in [2.75, 3.05) is 27.3 Å². The van der Waals surface area contributed by atoms with Crippen LogP contribution in [0.5, 0.6) is 11.5 Å². The van der Waals surface area contributed by atoms with Crippen molar-refractivity contribution in [2.45, 2.75) is 31.6 Å². The van der Waals surface area contributed by atoms with E-state index in [4.69, 9.17) is 14.0 Å². The summed E-state index contributed by atoms with van der Waals surface area (Å²) in [6.07, 6.45) is 4.78. The summed E-state index contributed by atoms with van der Waals surface area (Å²) in [5, 5.41) is 5.25. The molecular formula is C26H28N4O4. The van der Waals surface area contributed by atoms with Gasteiger partial charge in [0.25, 0.3) is 0 Å². The first-order valence-electron chi connectivity index (χ1n) is 11.5. The molecule has 3 heterocycles. The van der Waals surface area contributed by atoms with Gasteiger partial charge in [0.2, 0.25) is 17.6 Å². The van der Waals surface area contributed by atoms with E-state index in [1.165, 1.54) is 10.9 Å². The molecule has 1 aliphatic heterocycles. The molecule has 176 valence electrons. The molecule has 1 aliphatic rings. The molecule has 1 amide bonds. The van der Waals surface area contributed by atoms with E-state index in [-0.39, 0.29) is 5.91 Å². The van der Waals surface area contributed by atoms with E-state index in [0.717, 1.165) is 48.5 Å². The third-order valence-electron chi connectivity index (χ3n) is 6.58. The fourth-order valence-electron chi connectivity index (χ4n) is 4.61. The van der Waals surface area contributed by atoms with Crippen molar-refractivity contribution in [2.24, 2.45) is 0 Å². The zero-order valence-corrected chi connectivity index (χ0v) is 19.4. The van der Waals surface area contributed by atoms with Crippen molar-refractivity contribution in [3.05, 3.63) is 60.1 Å². The first-order chi connectivity index (χ1) is 16.6. The summed E-state index contributed by atoms with van der Waals surface area (Å²) < 4.78 is 15.9. The highest BCUT2D eigenvalue weighted by atomic mass is 16.5. The summed E-state index contributed by atoms with van der Waals surface area (Å²) >= 11 is 0. The molecule has 0 atom stereocenters. The lowest BCUT2D eigenvalue weighted by Gasteiger charge is -2.32. The SMILES string of the molecule is COc1ccc(-c2noc(CCC(=O)N3CCC(c4c[nH]c5ccc(OC)cc45)CC3)n2)cc1. The quantitative estimate of drug-likeness (QED) is 0.434. The lowest BCUT2D eigenvalue weighted by molar-refractivity contribution is -0.132. The second-order valence-corrected chi connectivity index (χ2v) is 8.55. The van der Waals surface area contributed by atoms with Crippen molar-refractivity contribution in [1.82, 2.24) is 20.0 Å². The van der Waals surface area contributed by atoms with Crippen LogP contribution in [0.15, 0.2) is 53.2 Å². The van der Waals surface area contributed by atoms with Crippen molar-refractivity contribution in [1.29, 1.82) is 0 Å². The van der Waals surface area contributed by atoms with Crippen molar-refractivity contribution < 1.29 is 18.8 Å². The minimum absolute atomic E-state index is 0.128. The molecule has 0 bridgehead atoms. The van der Waals surface area contributed by atoms with Crippen LogP contribution >= 0.6 is 0 Å². The molecule has 0 aliphatic carbocycles. The van der Waals surface area contributed by atoms with Gasteiger partial charge in [0.1, 0.15) is 11.5 Å². The Balaban J connectivity index is 1.15. The van der Waals surface area contributed by atoms with Gasteiger partial charge in [0, 0.05) is 48.6 Å². The maximum Gasteiger partial charge on any atom is 0.227 e. The molecule has 5 rings (SSSR count). The number of nitrogens with zero attached hydrogens (tertiary/aromatic N) is 3. The molecule has 1 N–H and O–H groups in total. The van der Waals surface area contributed by atoms with Crippen LogP contribution < -0.4 is 9.47 Å². The minimum atomic E-state index is 0.128. The predicted octanol–water partition coefficient (Wildman–Crippen LogP) is 4.57. The van der Waals surface area contributed by atoms with Gasteiger partial charge in [-0.1, -0.05) is 5.16 Å². The molecule has 2 aromatic heterocycles. The molecule has 0 saturated carbocycles. The third kappa shape index (κ3) is 4.48. The Morgan fingerprint density at radius 2 is 1.82 bits per heavy atom. The molecular weight excluding hydrogens is 432 g/mol. The van der Waals surface area contributed by atoms with E-state index in [0.29, 0.717) is 30.5 Å². The smallest absolute Gasteiger partial charge is 0.227 e. The number of fused-ring (bicyclic) bond motifs is 1. The Morgan fingerprint density at radius 1 is 1.09 bits per heavy atom. The summed E-state index contributed by atoms with van der Waals surface area (Å²) in [6.45, 7) is 1.50. The van der Waals surface area contributed by atoms with Crippen LogP contribution in [0.1, 0.15) is 36.6 Å². The monoisotopic (exact) mass is 460 g/mol. The number of likely N-dealkylation sites (tertiary alicyclic amines) is 1. The minimum Gasteiger partial charge on any atom is -0.497 e. The predicted molar refractivity (Wildman–Crippen MR) is 128 cm³/mol. The number of piperidine rings is 1. The van der Waals surface area contributed by atoms with Gasteiger partial charge >= 0.3 is 0 Å². The average Bonchev–Trinajstić information content (AvgIpc) is 3.54. The molecule has 34 heavy (non-hydrogen) atoms. The van der Waals surface area contributed by atoms with E-state index >= 15 is 0 Å². The molecule has 8 nitrogen and oxygen atoms in total. The standard InChI is InChI=1S/C26H28N4O4/c1-32-19-5-3-18(4-6-19)26-28-24(34-29-26)9-10-25(31)30-13-11-17(12-14-30)22-16-27-23-8-7-20(33-2)15-21(22)23/h3-8,15-17,27H,9-14H2,1-2H3. The zero-order valence-electron chi connectivity index (χ0n) is 19.4. The number of aryl methyl sites for hydroxylation is 1. The van der Waals surface area contributed by atoms with E-state index < -0.39 is 0 Å². The lowest BCUT2D eigenvalue weighted by atomic mass is 9.89. The Labute approximate surface area is 197 Å². The second-order valence-electron chi connectivity index (χ2n) is 8.55. The third-order valence-corrected chi connectivity index (χ3v) is 6.58. The molecule has 2 aromatic carbocycles. The Bertz CT molecular complexity index is 1270. The molecule has 1 saturated heterocycles. The van der Waals surface area contributed by atoms with E-state index in [2.05, 4.69) is 27.4 Å². The largest absolute Gasteiger partial charge is 0.497 e. The molecule has 0 unspecified atom stereocenters. The molecule has 4 aromatic rings. The molecule has 0 spiro atoms. The summed E-state index contributed by atoms with van der Waals surface area (Å²) in [4.78, 5) is 22.6. The van der Waals surface area contributed by atoms with Crippen LogP contribution in [0.2, 0.25) is 0 Å². The number of benzene rings is 2. The van der Waals surface area contributed by atoms with Gasteiger partial charge in [-0.3, -0.25) is 4.79 Å². The maximum atomic E-state index is 12.8. The van der Waals surface area contributed by atoms with Crippen LogP contribution in [0.25, 0.3) is 22.3 Å². The molecule has 1 fully saturated rings. The first-order valence-corrected chi connectivity index (χ1v) is 11.5. The van der Waals surface area contributed by atoms with Gasteiger partial charge in [0.15, 0.2) is 0 Å². The molecule has 8 heteroatoms. The lowest BCUT2D eigenvalue weighted by Crippen LogP contribution is -2.38. The van der Waals surface area contributed by atoms with Crippen molar-refractivity contribution >= 4 is 16.8 Å². The second kappa shape index (κ2) is 9.59. The zero-order chi connectivity index (χ0) is 23.5. The topological polar surface area (TPSA) is 93.5 Å². The number of aromatic nitrogens is 3. The highest BCUT2D eigenvalue weighted by molar-refractivity contribution is 5.85. The van der Waals surface area contributed by atoms with Crippen LogP contribution in [0.4, 0.5) is 0 Å². The highest BCUT2D eigenvalue weighted by Gasteiger charge is 2.26. The fraction of sp³-hybridized carbons (Fsp3) is 0.346. The van der Waals surface area contributed by atoms with E-state index in [1.807, 2.05) is 41.3 Å². The number of rotatable bonds is 7. The summed E-state index contributed by atoms with van der Waals surface area (Å²) in [6, 6.07) is 13.6.